The summed E-state index contributed by atoms with van der Waals surface area (Å²) < 4.78 is 10.9. The molecular formula is C21H15NO5. The number of aromatic hydroxyl groups is 1. The van der Waals surface area contributed by atoms with Gasteiger partial charge in [-0.1, -0.05) is 30.3 Å². The Hall–Kier alpha value is -3.80. The molecule has 134 valence electrons. The first-order valence-corrected chi connectivity index (χ1v) is 8.17. The highest BCUT2D eigenvalue weighted by molar-refractivity contribution is 6.31. The molecule has 0 radical (unpaired) electrons. The molecule has 4 rings (SSSR count). The summed E-state index contributed by atoms with van der Waals surface area (Å²) in [6, 6.07) is 14.5. The molecule has 0 fully saturated rings. The zero-order valence-electron chi connectivity index (χ0n) is 14.4. The number of ether oxygens (including phenoxy) is 2. The van der Waals surface area contributed by atoms with E-state index in [9.17, 15) is 14.7 Å². The van der Waals surface area contributed by atoms with Gasteiger partial charge in [0.1, 0.15) is 17.2 Å². The summed E-state index contributed by atoms with van der Waals surface area (Å²) in [6.45, 7) is 0. The lowest BCUT2D eigenvalue weighted by molar-refractivity contribution is 0.0977. The molecule has 1 aliphatic carbocycles. The van der Waals surface area contributed by atoms with Gasteiger partial charge in [-0.05, 0) is 12.1 Å². The molecule has 3 aromatic carbocycles. The Labute approximate surface area is 154 Å². The molecule has 1 aliphatic rings. The highest BCUT2D eigenvalue weighted by atomic mass is 16.5. The largest absolute Gasteiger partial charge is 0.507 e. The first-order valence-electron chi connectivity index (χ1n) is 8.17. The monoisotopic (exact) mass is 361 g/mol. The second-order valence-corrected chi connectivity index (χ2v) is 6.04. The lowest BCUT2D eigenvalue weighted by Gasteiger charge is -2.21. The molecule has 0 saturated heterocycles. The Morgan fingerprint density at radius 1 is 0.852 bits per heavy atom. The van der Waals surface area contributed by atoms with Crippen LogP contribution in [-0.4, -0.2) is 23.8 Å². The lowest BCUT2D eigenvalue weighted by Crippen LogP contribution is -2.22. The number of fused-ring (bicyclic) bond motifs is 2. The molecule has 0 aromatic heterocycles. The number of hydrogen-bond acceptors (Lipinski definition) is 6. The fourth-order valence-electron chi connectivity index (χ4n) is 3.15. The molecule has 0 atom stereocenters. The van der Waals surface area contributed by atoms with E-state index in [0.717, 1.165) is 0 Å². The van der Waals surface area contributed by atoms with Crippen LogP contribution in [0.1, 0.15) is 31.8 Å². The van der Waals surface area contributed by atoms with Gasteiger partial charge in [-0.15, -0.1) is 0 Å². The van der Waals surface area contributed by atoms with Gasteiger partial charge >= 0.3 is 0 Å². The molecule has 3 N–H and O–H groups in total. The zero-order chi connectivity index (χ0) is 19.1. The lowest BCUT2D eigenvalue weighted by atomic mass is 9.82. The number of methoxy groups -OCH3 is 1. The molecule has 6 heteroatoms. The van der Waals surface area contributed by atoms with E-state index in [4.69, 9.17) is 15.2 Å². The van der Waals surface area contributed by atoms with Crippen molar-refractivity contribution in [2.75, 3.05) is 12.8 Å². The van der Waals surface area contributed by atoms with Gasteiger partial charge in [0.05, 0.1) is 23.9 Å². The van der Waals surface area contributed by atoms with Crippen molar-refractivity contribution in [3.05, 3.63) is 76.9 Å². The number of phenols is 1. The SMILES string of the molecule is COc1cccc(Oc2cc(O)c3c(c2N)C(=O)c2ccccc2C3=O)c1. The van der Waals surface area contributed by atoms with Crippen molar-refractivity contribution in [3.8, 4) is 23.0 Å². The van der Waals surface area contributed by atoms with Gasteiger partial charge in [-0.25, -0.2) is 0 Å². The first kappa shape index (κ1) is 16.7. The molecular weight excluding hydrogens is 346 g/mol. The summed E-state index contributed by atoms with van der Waals surface area (Å²) in [5.41, 5.74) is 6.50. The van der Waals surface area contributed by atoms with Crippen LogP contribution in [0.3, 0.4) is 0 Å². The van der Waals surface area contributed by atoms with Gasteiger partial charge in [0, 0.05) is 23.3 Å². The molecule has 0 amide bonds. The van der Waals surface area contributed by atoms with E-state index in [2.05, 4.69) is 0 Å². The Morgan fingerprint density at radius 2 is 1.48 bits per heavy atom. The van der Waals surface area contributed by atoms with Crippen LogP contribution in [0.15, 0.2) is 54.6 Å². The van der Waals surface area contributed by atoms with E-state index in [1.54, 1.807) is 48.5 Å². The minimum absolute atomic E-state index is 0.00141. The Balaban J connectivity index is 1.85. The minimum Gasteiger partial charge on any atom is -0.507 e. The maximum Gasteiger partial charge on any atom is 0.198 e. The molecule has 0 aliphatic heterocycles. The molecule has 3 aromatic rings. The Bertz CT molecular complexity index is 1100. The third-order valence-corrected chi connectivity index (χ3v) is 4.45. The van der Waals surface area contributed by atoms with Gasteiger partial charge in [0.2, 0.25) is 0 Å². The number of carbonyl (C=O) groups is 2. The van der Waals surface area contributed by atoms with Crippen LogP contribution < -0.4 is 15.2 Å². The number of ketones is 2. The van der Waals surface area contributed by atoms with Crippen LogP contribution >= 0.6 is 0 Å². The average Bonchev–Trinajstić information content (AvgIpc) is 2.68. The number of nitrogen functional groups attached to an aromatic ring is 1. The van der Waals surface area contributed by atoms with E-state index in [1.807, 2.05) is 0 Å². The topological polar surface area (TPSA) is 98.8 Å². The van der Waals surface area contributed by atoms with Gasteiger partial charge in [-0.2, -0.15) is 0 Å². The van der Waals surface area contributed by atoms with Crippen LogP contribution in [-0.2, 0) is 0 Å². The Morgan fingerprint density at radius 3 is 2.15 bits per heavy atom. The van der Waals surface area contributed by atoms with Crippen LogP contribution in [0.2, 0.25) is 0 Å². The van der Waals surface area contributed by atoms with Crippen molar-refractivity contribution in [1.82, 2.24) is 0 Å². The summed E-state index contributed by atoms with van der Waals surface area (Å²) in [4.78, 5) is 25.7. The minimum atomic E-state index is -0.447. The van der Waals surface area contributed by atoms with Crippen LogP contribution in [0, 0.1) is 0 Å². The third-order valence-electron chi connectivity index (χ3n) is 4.45. The first-order chi connectivity index (χ1) is 13.0. The smallest absolute Gasteiger partial charge is 0.198 e. The highest BCUT2D eigenvalue weighted by Crippen LogP contribution is 2.42. The number of rotatable bonds is 3. The predicted molar refractivity (Wildman–Crippen MR) is 98.9 cm³/mol. The van der Waals surface area contributed by atoms with Crippen molar-refractivity contribution in [1.29, 1.82) is 0 Å². The molecule has 0 saturated carbocycles. The second kappa shape index (κ2) is 6.17. The van der Waals surface area contributed by atoms with E-state index in [0.29, 0.717) is 11.5 Å². The van der Waals surface area contributed by atoms with Gasteiger partial charge in [0.15, 0.2) is 17.3 Å². The van der Waals surface area contributed by atoms with Crippen molar-refractivity contribution in [3.63, 3.8) is 0 Å². The number of anilines is 1. The van der Waals surface area contributed by atoms with Crippen LogP contribution in [0.5, 0.6) is 23.0 Å². The van der Waals surface area contributed by atoms with E-state index >= 15 is 0 Å². The number of hydrogen-bond donors (Lipinski definition) is 2. The molecule has 0 spiro atoms. The summed E-state index contributed by atoms with van der Waals surface area (Å²) in [5.74, 6) is -0.157. The van der Waals surface area contributed by atoms with Crippen molar-refractivity contribution >= 4 is 17.3 Å². The molecule has 27 heavy (non-hydrogen) atoms. The van der Waals surface area contributed by atoms with Crippen molar-refractivity contribution in [2.24, 2.45) is 0 Å². The van der Waals surface area contributed by atoms with E-state index in [-0.39, 0.29) is 39.4 Å². The summed E-state index contributed by atoms with van der Waals surface area (Å²) in [7, 11) is 1.53. The normalized spacial score (nSPS) is 12.3. The summed E-state index contributed by atoms with van der Waals surface area (Å²) >= 11 is 0. The second-order valence-electron chi connectivity index (χ2n) is 6.04. The van der Waals surface area contributed by atoms with Gasteiger partial charge < -0.3 is 20.3 Å². The molecule has 6 nitrogen and oxygen atoms in total. The number of benzene rings is 3. The maximum atomic E-state index is 12.9. The molecule has 0 bridgehead atoms. The quantitative estimate of drug-likeness (QED) is 0.428. The number of nitrogens with two attached hydrogens (primary N) is 1. The Kier molecular flexibility index (Phi) is 3.81. The fraction of sp³-hybridized carbons (Fsp3) is 0.0476. The number of phenolic OH excluding ortho intramolecular Hbond substituents is 1. The average molecular weight is 361 g/mol. The van der Waals surface area contributed by atoms with E-state index < -0.39 is 11.6 Å². The molecule has 0 heterocycles. The molecule has 0 unspecified atom stereocenters. The van der Waals surface area contributed by atoms with Crippen LogP contribution in [0.25, 0.3) is 0 Å². The third kappa shape index (κ3) is 2.58. The standard InChI is InChI=1S/C21H15NO5/c1-26-11-5-4-6-12(9-11)27-16-10-15(23)17-18(19(16)22)21(25)14-8-3-2-7-13(14)20(17)24/h2-10,23H,22H2,1H3. The van der Waals surface area contributed by atoms with Crippen molar-refractivity contribution < 1.29 is 24.2 Å². The summed E-state index contributed by atoms with van der Waals surface area (Å²) in [6.07, 6.45) is 0. The zero-order valence-corrected chi connectivity index (χ0v) is 14.4. The predicted octanol–water partition coefficient (Wildman–Crippen LogP) is 3.55. The van der Waals surface area contributed by atoms with E-state index in [1.165, 1.54) is 13.2 Å². The number of carbonyl (C=O) groups excluding carboxylic acids is 2. The fourth-order valence-corrected chi connectivity index (χ4v) is 3.15. The van der Waals surface area contributed by atoms with Gasteiger partial charge in [0.25, 0.3) is 0 Å². The maximum absolute atomic E-state index is 12.9. The van der Waals surface area contributed by atoms with Crippen LogP contribution in [0.4, 0.5) is 5.69 Å². The summed E-state index contributed by atoms with van der Waals surface area (Å²) in [5, 5.41) is 10.4. The van der Waals surface area contributed by atoms with Gasteiger partial charge in [-0.3, -0.25) is 9.59 Å². The van der Waals surface area contributed by atoms with Crippen molar-refractivity contribution in [2.45, 2.75) is 0 Å². The highest BCUT2D eigenvalue weighted by Gasteiger charge is 2.35.